The topological polar surface area (TPSA) is 77.8 Å². The van der Waals surface area contributed by atoms with Crippen molar-refractivity contribution in [2.45, 2.75) is 13.8 Å². The molecule has 0 atom stereocenters. The molecule has 0 bridgehead atoms. The summed E-state index contributed by atoms with van der Waals surface area (Å²) in [6.07, 6.45) is 1.68. The lowest BCUT2D eigenvalue weighted by molar-refractivity contribution is 0.631. The molecule has 0 radical (unpaired) electrons. The Balaban J connectivity index is 2.27. The maximum atomic E-state index is 13.5. The smallest absolute Gasteiger partial charge is 0.146 e. The van der Waals surface area contributed by atoms with Gasteiger partial charge in [0.05, 0.1) is 11.2 Å². The van der Waals surface area contributed by atoms with Crippen molar-refractivity contribution in [3.05, 3.63) is 47.5 Å². The SMILES string of the molecule is Cc1cc(F)c(N)cc1-c1cc2cnc(N)cc2nc1C. The summed E-state index contributed by atoms with van der Waals surface area (Å²) in [5.74, 6) is 0.0291. The van der Waals surface area contributed by atoms with E-state index in [0.29, 0.717) is 5.82 Å². The molecule has 0 unspecified atom stereocenters. The number of halogens is 1. The Morgan fingerprint density at radius 1 is 1.00 bits per heavy atom. The second kappa shape index (κ2) is 4.70. The fourth-order valence-corrected chi connectivity index (χ4v) is 2.43. The lowest BCUT2D eigenvalue weighted by Gasteiger charge is -2.12. The summed E-state index contributed by atoms with van der Waals surface area (Å²) < 4.78 is 13.5. The Morgan fingerprint density at radius 3 is 2.52 bits per heavy atom. The van der Waals surface area contributed by atoms with Gasteiger partial charge in [0.15, 0.2) is 0 Å². The van der Waals surface area contributed by atoms with E-state index in [1.54, 1.807) is 18.3 Å². The van der Waals surface area contributed by atoms with Crippen molar-refractivity contribution in [3.63, 3.8) is 0 Å². The molecule has 0 amide bonds. The number of pyridine rings is 2. The van der Waals surface area contributed by atoms with Crippen LogP contribution in [0.15, 0.2) is 30.5 Å². The lowest BCUT2D eigenvalue weighted by Crippen LogP contribution is -1.97. The Kier molecular flexibility index (Phi) is 2.97. The zero-order chi connectivity index (χ0) is 15.1. The van der Waals surface area contributed by atoms with Gasteiger partial charge in [-0.05, 0) is 43.2 Å². The minimum absolute atomic E-state index is 0.130. The molecule has 3 rings (SSSR count). The van der Waals surface area contributed by atoms with E-state index >= 15 is 0 Å². The number of anilines is 2. The van der Waals surface area contributed by atoms with Gasteiger partial charge in [0.1, 0.15) is 11.6 Å². The molecule has 106 valence electrons. The summed E-state index contributed by atoms with van der Waals surface area (Å²) >= 11 is 0. The van der Waals surface area contributed by atoms with Crippen LogP contribution < -0.4 is 11.5 Å². The van der Waals surface area contributed by atoms with E-state index in [1.807, 2.05) is 19.9 Å². The molecule has 4 nitrogen and oxygen atoms in total. The number of hydrogen-bond donors (Lipinski definition) is 2. The molecule has 4 N–H and O–H groups in total. The zero-order valence-corrected chi connectivity index (χ0v) is 11.8. The first-order chi connectivity index (χ1) is 9.95. The minimum atomic E-state index is -0.405. The van der Waals surface area contributed by atoms with Crippen LogP contribution >= 0.6 is 0 Å². The zero-order valence-electron chi connectivity index (χ0n) is 11.8. The van der Waals surface area contributed by atoms with Crippen molar-refractivity contribution in [2.75, 3.05) is 11.5 Å². The highest BCUT2D eigenvalue weighted by molar-refractivity contribution is 5.86. The van der Waals surface area contributed by atoms with Gasteiger partial charge < -0.3 is 11.5 Å². The monoisotopic (exact) mass is 282 g/mol. The first-order valence-corrected chi connectivity index (χ1v) is 6.54. The molecule has 21 heavy (non-hydrogen) atoms. The maximum absolute atomic E-state index is 13.5. The molecule has 0 aliphatic carbocycles. The standard InChI is InChI=1S/C16H15FN4/c1-8-3-13(17)14(18)5-11(8)12-4-10-7-20-16(19)6-15(10)21-9(12)2/h3-7H,18H2,1-2H3,(H2,19,20). The summed E-state index contributed by atoms with van der Waals surface area (Å²) in [4.78, 5) is 8.63. The first kappa shape index (κ1) is 13.3. The van der Waals surface area contributed by atoms with E-state index in [-0.39, 0.29) is 5.69 Å². The first-order valence-electron chi connectivity index (χ1n) is 6.54. The fraction of sp³-hybridized carbons (Fsp3) is 0.125. The van der Waals surface area contributed by atoms with E-state index in [9.17, 15) is 4.39 Å². The van der Waals surface area contributed by atoms with Gasteiger partial charge in [0.25, 0.3) is 0 Å². The average molecular weight is 282 g/mol. The van der Waals surface area contributed by atoms with Gasteiger partial charge in [0.2, 0.25) is 0 Å². The maximum Gasteiger partial charge on any atom is 0.146 e. The van der Waals surface area contributed by atoms with Gasteiger partial charge in [-0.2, -0.15) is 0 Å². The molecular weight excluding hydrogens is 267 g/mol. The van der Waals surface area contributed by atoms with Crippen LogP contribution in [0.2, 0.25) is 0 Å². The number of nitrogen functional groups attached to an aromatic ring is 2. The number of rotatable bonds is 1. The van der Waals surface area contributed by atoms with Crippen LogP contribution in [-0.2, 0) is 0 Å². The number of fused-ring (bicyclic) bond motifs is 1. The molecule has 0 saturated heterocycles. The largest absolute Gasteiger partial charge is 0.396 e. The van der Waals surface area contributed by atoms with E-state index in [1.165, 1.54) is 6.07 Å². The van der Waals surface area contributed by atoms with Crippen LogP contribution in [-0.4, -0.2) is 9.97 Å². The van der Waals surface area contributed by atoms with E-state index in [4.69, 9.17) is 11.5 Å². The third-order valence-electron chi connectivity index (χ3n) is 3.54. The summed E-state index contributed by atoms with van der Waals surface area (Å²) in [5, 5.41) is 0.882. The number of nitrogens with two attached hydrogens (primary N) is 2. The second-order valence-electron chi connectivity index (χ2n) is 5.11. The van der Waals surface area contributed by atoms with E-state index in [0.717, 1.165) is 33.3 Å². The predicted molar refractivity (Wildman–Crippen MR) is 83.2 cm³/mol. The quantitative estimate of drug-likeness (QED) is 0.672. The molecule has 0 fully saturated rings. The Hall–Kier alpha value is -2.69. The molecular formula is C16H15FN4. The Morgan fingerprint density at radius 2 is 1.76 bits per heavy atom. The number of aromatic nitrogens is 2. The molecule has 0 saturated carbocycles. The summed E-state index contributed by atoms with van der Waals surface area (Å²) in [6, 6.07) is 6.79. The van der Waals surface area contributed by atoms with Crippen LogP contribution in [0.4, 0.5) is 15.9 Å². The summed E-state index contributed by atoms with van der Waals surface area (Å²) in [7, 11) is 0. The van der Waals surface area contributed by atoms with E-state index < -0.39 is 5.82 Å². The van der Waals surface area contributed by atoms with Gasteiger partial charge in [-0.3, -0.25) is 4.98 Å². The molecule has 2 heterocycles. The van der Waals surface area contributed by atoms with Crippen molar-refractivity contribution in [1.29, 1.82) is 0 Å². The van der Waals surface area contributed by atoms with Crippen molar-refractivity contribution < 1.29 is 4.39 Å². The van der Waals surface area contributed by atoms with Crippen LogP contribution in [0.5, 0.6) is 0 Å². The third kappa shape index (κ3) is 2.27. The van der Waals surface area contributed by atoms with Crippen molar-refractivity contribution in [3.8, 4) is 11.1 Å². The highest BCUT2D eigenvalue weighted by Gasteiger charge is 2.11. The van der Waals surface area contributed by atoms with Crippen LogP contribution in [0, 0.1) is 19.7 Å². The molecule has 0 aliphatic rings. The molecule has 1 aromatic carbocycles. The predicted octanol–water partition coefficient (Wildman–Crippen LogP) is 3.22. The minimum Gasteiger partial charge on any atom is -0.396 e. The number of benzene rings is 1. The van der Waals surface area contributed by atoms with Gasteiger partial charge in [-0.15, -0.1) is 0 Å². The van der Waals surface area contributed by atoms with Crippen LogP contribution in [0.25, 0.3) is 22.0 Å². The number of aryl methyl sites for hydroxylation is 2. The van der Waals surface area contributed by atoms with Gasteiger partial charge in [-0.1, -0.05) is 0 Å². The molecule has 3 aromatic rings. The third-order valence-corrected chi connectivity index (χ3v) is 3.54. The molecule has 5 heteroatoms. The molecule has 0 aliphatic heterocycles. The Bertz CT molecular complexity index is 859. The normalized spacial score (nSPS) is 11.0. The van der Waals surface area contributed by atoms with Gasteiger partial charge in [-0.25, -0.2) is 9.37 Å². The fourth-order valence-electron chi connectivity index (χ4n) is 2.43. The number of nitrogens with zero attached hydrogens (tertiary/aromatic N) is 2. The molecule has 0 spiro atoms. The van der Waals surface area contributed by atoms with Gasteiger partial charge >= 0.3 is 0 Å². The van der Waals surface area contributed by atoms with Crippen LogP contribution in [0.1, 0.15) is 11.3 Å². The second-order valence-corrected chi connectivity index (χ2v) is 5.11. The van der Waals surface area contributed by atoms with Crippen molar-refractivity contribution in [2.24, 2.45) is 0 Å². The average Bonchev–Trinajstić information content (AvgIpc) is 2.42. The number of hydrogen-bond acceptors (Lipinski definition) is 4. The Labute approximate surface area is 121 Å². The van der Waals surface area contributed by atoms with Crippen LogP contribution in [0.3, 0.4) is 0 Å². The highest BCUT2D eigenvalue weighted by atomic mass is 19.1. The summed E-state index contributed by atoms with van der Waals surface area (Å²) in [6.45, 7) is 3.76. The van der Waals surface area contributed by atoms with Gasteiger partial charge in [0, 0.05) is 28.9 Å². The summed E-state index contributed by atoms with van der Waals surface area (Å²) in [5.41, 5.74) is 15.7. The van der Waals surface area contributed by atoms with Crippen molar-refractivity contribution in [1.82, 2.24) is 9.97 Å². The lowest BCUT2D eigenvalue weighted by atomic mass is 9.97. The molecule has 2 aromatic heterocycles. The highest BCUT2D eigenvalue weighted by Crippen LogP contribution is 2.31. The van der Waals surface area contributed by atoms with E-state index in [2.05, 4.69) is 9.97 Å². The van der Waals surface area contributed by atoms with Crippen molar-refractivity contribution >= 4 is 22.4 Å².